The van der Waals surface area contributed by atoms with Crippen molar-refractivity contribution in [3.05, 3.63) is 33.8 Å². The molecule has 0 saturated carbocycles. The minimum Gasteiger partial charge on any atom is -0.380 e. The Bertz CT molecular complexity index is 437. The predicted molar refractivity (Wildman–Crippen MR) is 68.0 cm³/mol. The molecule has 0 aromatic heterocycles. The fraction of sp³-hybridized carbons (Fsp3) is 0.417. The number of benzene rings is 1. The molecule has 92 valence electrons. The quantitative estimate of drug-likeness (QED) is 0.861. The summed E-state index contributed by atoms with van der Waals surface area (Å²) in [5, 5.41) is 4.07. The lowest BCUT2D eigenvalue weighted by Gasteiger charge is -2.10. The van der Waals surface area contributed by atoms with Gasteiger partial charge < -0.3 is 10.1 Å². The minimum atomic E-state index is -0.240. The van der Waals surface area contributed by atoms with Gasteiger partial charge in [0.15, 0.2) is 5.78 Å². The molecule has 1 heterocycles. The van der Waals surface area contributed by atoms with Crippen molar-refractivity contribution in [1.29, 1.82) is 0 Å². The van der Waals surface area contributed by atoms with E-state index in [-0.39, 0.29) is 17.9 Å². The van der Waals surface area contributed by atoms with Gasteiger partial charge in [0.05, 0.1) is 17.2 Å². The maximum atomic E-state index is 12.2. The number of halogens is 2. The van der Waals surface area contributed by atoms with Crippen LogP contribution in [0, 0.1) is 0 Å². The summed E-state index contributed by atoms with van der Waals surface area (Å²) in [6.07, 6.45) is 0.750. The number of carbonyl (C=O) groups excluding carboxylic acids is 1. The summed E-state index contributed by atoms with van der Waals surface area (Å²) in [6, 6.07) is 4.67. The van der Waals surface area contributed by atoms with Crippen LogP contribution in [0.3, 0.4) is 0 Å². The SMILES string of the molecule is COC1CNC(C(=O)c2cc(Cl)ccc2Cl)C1. The molecule has 1 saturated heterocycles. The summed E-state index contributed by atoms with van der Waals surface area (Å²) >= 11 is 11.9. The largest absolute Gasteiger partial charge is 0.380 e. The smallest absolute Gasteiger partial charge is 0.181 e. The normalized spacial score (nSPS) is 23.9. The first-order chi connectivity index (χ1) is 8.11. The number of hydrogen-bond acceptors (Lipinski definition) is 3. The number of ketones is 1. The second-order valence-electron chi connectivity index (χ2n) is 4.04. The monoisotopic (exact) mass is 273 g/mol. The van der Waals surface area contributed by atoms with Gasteiger partial charge in [0.2, 0.25) is 0 Å². The van der Waals surface area contributed by atoms with Crippen molar-refractivity contribution < 1.29 is 9.53 Å². The van der Waals surface area contributed by atoms with Crippen LogP contribution in [0.5, 0.6) is 0 Å². The highest BCUT2D eigenvalue weighted by molar-refractivity contribution is 6.36. The number of carbonyl (C=O) groups is 1. The van der Waals surface area contributed by atoms with E-state index in [1.165, 1.54) is 0 Å². The van der Waals surface area contributed by atoms with Crippen LogP contribution >= 0.6 is 23.2 Å². The van der Waals surface area contributed by atoms with Gasteiger partial charge in [0.1, 0.15) is 0 Å². The Hall–Kier alpha value is -0.610. The van der Waals surface area contributed by atoms with E-state index in [2.05, 4.69) is 5.32 Å². The van der Waals surface area contributed by atoms with Crippen molar-refractivity contribution in [2.24, 2.45) is 0 Å². The average Bonchev–Trinajstić information content (AvgIpc) is 2.80. The van der Waals surface area contributed by atoms with Crippen LogP contribution < -0.4 is 5.32 Å². The fourth-order valence-corrected chi connectivity index (χ4v) is 2.34. The predicted octanol–water partition coefficient (Wildman–Crippen LogP) is 2.55. The number of methoxy groups -OCH3 is 1. The standard InChI is InChI=1S/C12H13Cl2NO2/c1-17-8-5-11(15-6-8)12(16)9-4-7(13)2-3-10(9)14/h2-4,8,11,15H,5-6H2,1H3. The molecule has 0 spiro atoms. The number of nitrogens with one attached hydrogen (secondary N) is 1. The molecule has 2 unspecified atom stereocenters. The summed E-state index contributed by atoms with van der Waals surface area (Å²) in [4.78, 5) is 12.2. The van der Waals surface area contributed by atoms with Gasteiger partial charge in [-0.15, -0.1) is 0 Å². The van der Waals surface area contributed by atoms with Crippen LogP contribution in [0.1, 0.15) is 16.8 Å². The van der Waals surface area contributed by atoms with Crippen molar-refractivity contribution in [1.82, 2.24) is 5.32 Å². The van der Waals surface area contributed by atoms with Crippen LogP contribution in [0.2, 0.25) is 10.0 Å². The third-order valence-corrected chi connectivity index (χ3v) is 3.50. The van der Waals surface area contributed by atoms with Gasteiger partial charge in [0.25, 0.3) is 0 Å². The highest BCUT2D eigenvalue weighted by atomic mass is 35.5. The van der Waals surface area contributed by atoms with Crippen molar-refractivity contribution >= 4 is 29.0 Å². The fourth-order valence-electron chi connectivity index (χ4n) is 1.96. The molecule has 3 nitrogen and oxygen atoms in total. The summed E-state index contributed by atoms with van der Waals surface area (Å²) in [5.74, 6) is -0.0305. The zero-order valence-electron chi connectivity index (χ0n) is 9.37. The molecule has 17 heavy (non-hydrogen) atoms. The van der Waals surface area contributed by atoms with E-state index >= 15 is 0 Å². The van der Waals surface area contributed by atoms with Crippen LogP contribution in [0.4, 0.5) is 0 Å². The first-order valence-corrected chi connectivity index (χ1v) is 6.13. The molecule has 5 heteroatoms. The Balaban J connectivity index is 2.17. The summed E-state index contributed by atoms with van der Waals surface area (Å²) < 4.78 is 5.21. The molecule has 1 aromatic rings. The maximum absolute atomic E-state index is 12.2. The van der Waals surface area contributed by atoms with E-state index in [1.807, 2.05) is 0 Å². The Labute approximate surface area is 110 Å². The second-order valence-corrected chi connectivity index (χ2v) is 4.89. The van der Waals surface area contributed by atoms with E-state index in [0.29, 0.717) is 28.6 Å². The molecule has 1 aliphatic rings. The van der Waals surface area contributed by atoms with Gasteiger partial charge in [0, 0.05) is 24.2 Å². The first kappa shape index (κ1) is 12.8. The van der Waals surface area contributed by atoms with Crippen molar-refractivity contribution in [2.45, 2.75) is 18.6 Å². The Morgan fingerprint density at radius 3 is 2.88 bits per heavy atom. The Morgan fingerprint density at radius 2 is 2.24 bits per heavy atom. The van der Waals surface area contributed by atoms with E-state index in [9.17, 15) is 4.79 Å². The Morgan fingerprint density at radius 1 is 1.47 bits per heavy atom. The van der Waals surface area contributed by atoms with Crippen molar-refractivity contribution in [2.75, 3.05) is 13.7 Å². The summed E-state index contributed by atoms with van der Waals surface area (Å²) in [7, 11) is 1.64. The molecular formula is C12H13Cl2NO2. The van der Waals surface area contributed by atoms with Gasteiger partial charge in [-0.1, -0.05) is 23.2 Å². The van der Waals surface area contributed by atoms with Crippen LogP contribution in [0.25, 0.3) is 0 Å². The molecule has 1 fully saturated rings. The van der Waals surface area contributed by atoms with E-state index in [0.717, 1.165) is 0 Å². The molecule has 2 atom stereocenters. The molecule has 1 aliphatic heterocycles. The lowest BCUT2D eigenvalue weighted by Crippen LogP contribution is -2.30. The molecule has 0 amide bonds. The van der Waals surface area contributed by atoms with Gasteiger partial charge in [-0.05, 0) is 24.6 Å². The number of Topliss-reactive ketones (excluding diaryl/α,β-unsaturated/α-hetero) is 1. The lowest BCUT2D eigenvalue weighted by atomic mass is 10.0. The highest BCUT2D eigenvalue weighted by Gasteiger charge is 2.30. The molecule has 1 N–H and O–H groups in total. The van der Waals surface area contributed by atoms with Gasteiger partial charge in [-0.25, -0.2) is 0 Å². The lowest BCUT2D eigenvalue weighted by molar-refractivity contribution is 0.0919. The number of rotatable bonds is 3. The number of hydrogen-bond donors (Lipinski definition) is 1. The second kappa shape index (κ2) is 5.36. The summed E-state index contributed by atoms with van der Waals surface area (Å²) in [6.45, 7) is 0.686. The third kappa shape index (κ3) is 2.80. The first-order valence-electron chi connectivity index (χ1n) is 5.37. The van der Waals surface area contributed by atoms with Crippen LogP contribution in [-0.4, -0.2) is 31.6 Å². The van der Waals surface area contributed by atoms with Crippen molar-refractivity contribution in [3.63, 3.8) is 0 Å². The average molecular weight is 274 g/mol. The molecule has 0 radical (unpaired) electrons. The summed E-state index contributed by atoms with van der Waals surface area (Å²) in [5.41, 5.74) is 0.466. The topological polar surface area (TPSA) is 38.3 Å². The van der Waals surface area contributed by atoms with Crippen LogP contribution in [0.15, 0.2) is 18.2 Å². The maximum Gasteiger partial charge on any atom is 0.181 e. The van der Waals surface area contributed by atoms with Gasteiger partial charge in [-0.2, -0.15) is 0 Å². The molecule has 0 bridgehead atoms. The van der Waals surface area contributed by atoms with E-state index < -0.39 is 0 Å². The van der Waals surface area contributed by atoms with E-state index in [4.69, 9.17) is 27.9 Å². The Kier molecular flexibility index (Phi) is 4.05. The molecule has 0 aliphatic carbocycles. The number of ether oxygens (including phenoxy) is 1. The van der Waals surface area contributed by atoms with Crippen molar-refractivity contribution in [3.8, 4) is 0 Å². The zero-order chi connectivity index (χ0) is 12.4. The third-order valence-electron chi connectivity index (χ3n) is 2.93. The molecular weight excluding hydrogens is 261 g/mol. The van der Waals surface area contributed by atoms with E-state index in [1.54, 1.807) is 25.3 Å². The zero-order valence-corrected chi connectivity index (χ0v) is 10.9. The van der Waals surface area contributed by atoms with Gasteiger partial charge >= 0.3 is 0 Å². The minimum absolute atomic E-state index is 0.0305. The van der Waals surface area contributed by atoms with Gasteiger partial charge in [-0.3, -0.25) is 4.79 Å². The highest BCUT2D eigenvalue weighted by Crippen LogP contribution is 2.24. The van der Waals surface area contributed by atoms with Crippen LogP contribution in [-0.2, 0) is 4.74 Å². The molecule has 2 rings (SSSR count). The molecule has 1 aromatic carbocycles.